The van der Waals surface area contributed by atoms with Gasteiger partial charge in [-0.2, -0.15) is 0 Å². The van der Waals surface area contributed by atoms with Gasteiger partial charge < -0.3 is 4.74 Å². The minimum atomic E-state index is 0.165. The van der Waals surface area contributed by atoms with Gasteiger partial charge in [-0.3, -0.25) is 4.79 Å². The summed E-state index contributed by atoms with van der Waals surface area (Å²) in [5.74, 6) is 2.49. The molecular weight excluding hydrogens is 336 g/mol. The van der Waals surface area contributed by atoms with Crippen molar-refractivity contribution < 1.29 is 4.74 Å². The molecule has 120 valence electrons. The standard InChI is InChI=1S/C20H16O2S2/c1-11-6-7-15-14(8-11)17-12(9-22-15)10-23-20-18(17)19(21)13-4-2-3-5-16(13)24-20/h2-8,12,17H,9-10H2,1H3/t12-,17+/m1/s1. The summed E-state index contributed by atoms with van der Waals surface area (Å²) in [4.78, 5) is 13.3. The van der Waals surface area contributed by atoms with E-state index < -0.39 is 0 Å². The molecule has 0 radical (unpaired) electrons. The fraction of sp³-hybridized carbons (Fsp3) is 0.250. The quantitative estimate of drug-likeness (QED) is 0.580. The molecule has 2 atom stereocenters. The van der Waals surface area contributed by atoms with Gasteiger partial charge in [0.2, 0.25) is 0 Å². The van der Waals surface area contributed by atoms with Crippen LogP contribution in [0.25, 0.3) is 10.1 Å². The molecule has 0 aliphatic carbocycles. The van der Waals surface area contributed by atoms with Crippen molar-refractivity contribution in [2.45, 2.75) is 17.1 Å². The van der Waals surface area contributed by atoms with Crippen LogP contribution >= 0.6 is 23.1 Å². The number of rotatable bonds is 0. The van der Waals surface area contributed by atoms with E-state index in [2.05, 4.69) is 31.2 Å². The fourth-order valence-corrected chi connectivity index (χ4v) is 6.50. The Balaban J connectivity index is 1.82. The second-order valence-corrected chi connectivity index (χ2v) is 8.87. The van der Waals surface area contributed by atoms with Crippen molar-refractivity contribution >= 4 is 33.2 Å². The van der Waals surface area contributed by atoms with Gasteiger partial charge in [-0.1, -0.05) is 29.8 Å². The van der Waals surface area contributed by atoms with Crippen LogP contribution in [0.15, 0.2) is 51.5 Å². The third-order valence-corrected chi connectivity index (χ3v) is 7.62. The van der Waals surface area contributed by atoms with E-state index in [1.807, 2.05) is 30.0 Å². The van der Waals surface area contributed by atoms with Crippen LogP contribution in [0.2, 0.25) is 0 Å². The Bertz CT molecular complexity index is 1020. The Morgan fingerprint density at radius 2 is 2.04 bits per heavy atom. The van der Waals surface area contributed by atoms with Gasteiger partial charge >= 0.3 is 0 Å². The molecule has 3 aromatic rings. The lowest BCUT2D eigenvalue weighted by molar-refractivity contribution is 0.218. The van der Waals surface area contributed by atoms with Gasteiger partial charge in [-0.25, -0.2) is 0 Å². The van der Waals surface area contributed by atoms with E-state index in [0.717, 1.165) is 27.2 Å². The summed E-state index contributed by atoms with van der Waals surface area (Å²) >= 11 is 3.58. The average Bonchev–Trinajstić information content (AvgIpc) is 2.61. The Labute approximate surface area is 148 Å². The van der Waals surface area contributed by atoms with Crippen LogP contribution in [0, 0.1) is 12.8 Å². The zero-order valence-corrected chi connectivity index (χ0v) is 14.9. The molecule has 0 saturated heterocycles. The second-order valence-electron chi connectivity index (χ2n) is 6.53. The Morgan fingerprint density at radius 1 is 1.17 bits per heavy atom. The highest BCUT2D eigenvalue weighted by Gasteiger charge is 2.39. The molecule has 1 aromatic heterocycles. The summed E-state index contributed by atoms with van der Waals surface area (Å²) in [6.45, 7) is 2.80. The van der Waals surface area contributed by atoms with Gasteiger partial charge in [-0.05, 0) is 25.1 Å². The molecule has 3 heterocycles. The molecular formula is C20H16O2S2. The second kappa shape index (κ2) is 5.36. The first-order valence-electron chi connectivity index (χ1n) is 8.14. The third-order valence-electron chi connectivity index (χ3n) is 4.96. The normalized spacial score (nSPS) is 21.5. The van der Waals surface area contributed by atoms with E-state index in [1.54, 1.807) is 11.3 Å². The maximum Gasteiger partial charge on any atom is 0.193 e. The number of ether oxygens (including phenoxy) is 1. The van der Waals surface area contributed by atoms with E-state index in [4.69, 9.17) is 4.74 Å². The minimum absolute atomic E-state index is 0.165. The highest BCUT2D eigenvalue weighted by molar-refractivity contribution is 8.01. The molecule has 2 aliphatic rings. The van der Waals surface area contributed by atoms with Crippen LogP contribution in [-0.2, 0) is 0 Å². The smallest absolute Gasteiger partial charge is 0.193 e. The lowest BCUT2D eigenvalue weighted by atomic mass is 9.79. The van der Waals surface area contributed by atoms with Crippen LogP contribution in [0.3, 0.4) is 0 Å². The number of hydrogen-bond donors (Lipinski definition) is 0. The summed E-state index contributed by atoms with van der Waals surface area (Å²) in [6.07, 6.45) is 0. The molecule has 0 fully saturated rings. The van der Waals surface area contributed by atoms with E-state index >= 15 is 0 Å². The Morgan fingerprint density at radius 3 is 2.96 bits per heavy atom. The van der Waals surface area contributed by atoms with Crippen molar-refractivity contribution in [1.82, 2.24) is 0 Å². The first kappa shape index (κ1) is 14.6. The van der Waals surface area contributed by atoms with Gasteiger partial charge in [0, 0.05) is 38.8 Å². The van der Waals surface area contributed by atoms with Gasteiger partial charge in [0.25, 0.3) is 0 Å². The molecule has 0 spiro atoms. The topological polar surface area (TPSA) is 26.3 Å². The largest absolute Gasteiger partial charge is 0.493 e. The highest BCUT2D eigenvalue weighted by Crippen LogP contribution is 2.50. The van der Waals surface area contributed by atoms with Gasteiger partial charge in [0.1, 0.15) is 5.75 Å². The maximum atomic E-state index is 13.3. The maximum absolute atomic E-state index is 13.3. The van der Waals surface area contributed by atoms with Gasteiger partial charge in [0.05, 0.1) is 10.8 Å². The molecule has 0 N–H and O–H groups in total. The predicted octanol–water partition coefficient (Wildman–Crippen LogP) is 4.82. The molecule has 0 bridgehead atoms. The monoisotopic (exact) mass is 352 g/mol. The number of thioether (sulfide) groups is 1. The number of benzene rings is 2. The van der Waals surface area contributed by atoms with Crippen LogP contribution in [0.4, 0.5) is 0 Å². The van der Waals surface area contributed by atoms with Crippen LogP contribution < -0.4 is 10.2 Å². The predicted molar refractivity (Wildman–Crippen MR) is 101 cm³/mol. The molecule has 2 aliphatic heterocycles. The van der Waals surface area contributed by atoms with Crippen molar-refractivity contribution in [2.75, 3.05) is 12.4 Å². The van der Waals surface area contributed by atoms with Crippen molar-refractivity contribution in [3.63, 3.8) is 0 Å². The summed E-state index contributed by atoms with van der Waals surface area (Å²) in [7, 11) is 0. The van der Waals surface area contributed by atoms with Crippen LogP contribution in [0.5, 0.6) is 5.75 Å². The van der Waals surface area contributed by atoms with Crippen molar-refractivity contribution in [2.24, 2.45) is 5.92 Å². The van der Waals surface area contributed by atoms with Crippen LogP contribution in [-0.4, -0.2) is 12.4 Å². The molecule has 0 saturated carbocycles. The molecule has 2 nitrogen and oxygen atoms in total. The molecule has 4 heteroatoms. The van der Waals surface area contributed by atoms with E-state index in [-0.39, 0.29) is 11.3 Å². The zero-order valence-electron chi connectivity index (χ0n) is 13.2. The number of hydrogen-bond acceptors (Lipinski definition) is 4. The number of aryl methyl sites for hydroxylation is 1. The summed E-state index contributed by atoms with van der Waals surface area (Å²) < 4.78 is 8.25. The van der Waals surface area contributed by atoms with E-state index in [1.165, 1.54) is 15.3 Å². The fourth-order valence-electron chi connectivity index (χ4n) is 3.82. The molecule has 2 aromatic carbocycles. The Kier molecular flexibility index (Phi) is 3.25. The lowest BCUT2D eigenvalue weighted by Crippen LogP contribution is -2.34. The lowest BCUT2D eigenvalue weighted by Gasteiger charge is -2.37. The minimum Gasteiger partial charge on any atom is -0.493 e. The molecule has 0 unspecified atom stereocenters. The Hall–Kier alpha value is -1.78. The summed E-state index contributed by atoms with van der Waals surface area (Å²) in [6, 6.07) is 14.3. The first-order chi connectivity index (χ1) is 11.7. The van der Waals surface area contributed by atoms with Crippen molar-refractivity contribution in [1.29, 1.82) is 0 Å². The van der Waals surface area contributed by atoms with E-state index in [0.29, 0.717) is 12.5 Å². The average molecular weight is 352 g/mol. The molecule has 5 rings (SSSR count). The van der Waals surface area contributed by atoms with Crippen LogP contribution in [0.1, 0.15) is 22.6 Å². The van der Waals surface area contributed by atoms with Gasteiger partial charge in [0.15, 0.2) is 5.43 Å². The number of fused-ring (bicyclic) bond motifs is 6. The third kappa shape index (κ3) is 2.06. The SMILES string of the molecule is Cc1ccc2c(c1)[C@H]1c3c(sc4ccccc4c3=O)SC[C@H]1CO2. The summed E-state index contributed by atoms with van der Waals surface area (Å²) in [5, 5.41) is 0.850. The van der Waals surface area contributed by atoms with E-state index in [9.17, 15) is 4.79 Å². The van der Waals surface area contributed by atoms with Crippen molar-refractivity contribution in [3.05, 3.63) is 69.4 Å². The zero-order chi connectivity index (χ0) is 16.3. The molecule has 24 heavy (non-hydrogen) atoms. The van der Waals surface area contributed by atoms with Gasteiger partial charge in [-0.15, -0.1) is 23.1 Å². The highest BCUT2D eigenvalue weighted by atomic mass is 32.2. The first-order valence-corrected chi connectivity index (χ1v) is 9.94. The van der Waals surface area contributed by atoms with Crippen molar-refractivity contribution in [3.8, 4) is 5.75 Å². The summed E-state index contributed by atoms with van der Waals surface area (Å²) in [5.41, 5.74) is 3.60. The molecule has 0 amide bonds.